The first-order chi connectivity index (χ1) is 12.0. The molecule has 0 radical (unpaired) electrons. The molecule has 3 heteroatoms. The SMILES string of the molecule is CCCC(CC)(Pc1ccccc1/C=N/C)c1cc(C)cc(C)c1O. The van der Waals surface area contributed by atoms with Crippen molar-refractivity contribution in [2.24, 2.45) is 4.99 Å². The van der Waals surface area contributed by atoms with E-state index < -0.39 is 0 Å². The van der Waals surface area contributed by atoms with Gasteiger partial charge in [-0.2, -0.15) is 0 Å². The lowest BCUT2D eigenvalue weighted by molar-refractivity contribution is 0.438. The van der Waals surface area contributed by atoms with Crippen molar-refractivity contribution in [2.75, 3.05) is 7.05 Å². The molecule has 134 valence electrons. The highest BCUT2D eigenvalue weighted by Crippen LogP contribution is 2.51. The fourth-order valence-electron chi connectivity index (χ4n) is 3.59. The summed E-state index contributed by atoms with van der Waals surface area (Å²) in [7, 11) is 2.41. The molecular weight excluding hydrogens is 325 g/mol. The van der Waals surface area contributed by atoms with Crippen LogP contribution in [0.4, 0.5) is 0 Å². The summed E-state index contributed by atoms with van der Waals surface area (Å²) in [5.41, 5.74) is 4.47. The molecule has 0 aliphatic carbocycles. The van der Waals surface area contributed by atoms with Crippen LogP contribution in [0.1, 0.15) is 55.4 Å². The molecule has 0 saturated carbocycles. The molecule has 2 aromatic rings. The second-order valence-electron chi connectivity index (χ2n) is 6.76. The van der Waals surface area contributed by atoms with Crippen molar-refractivity contribution < 1.29 is 5.11 Å². The minimum atomic E-state index is -0.0344. The van der Waals surface area contributed by atoms with Gasteiger partial charge >= 0.3 is 0 Å². The maximum Gasteiger partial charge on any atom is 0.122 e. The molecule has 2 atom stereocenters. The van der Waals surface area contributed by atoms with Crippen LogP contribution in [0.2, 0.25) is 0 Å². The quantitative estimate of drug-likeness (QED) is 0.518. The largest absolute Gasteiger partial charge is 0.507 e. The molecule has 0 aliphatic rings. The summed E-state index contributed by atoms with van der Waals surface area (Å²) in [5, 5.41) is 12.1. The average molecular weight is 355 g/mol. The summed E-state index contributed by atoms with van der Waals surface area (Å²) >= 11 is 0. The number of phenolic OH excluding ortho intramolecular Hbond substituents is 1. The van der Waals surface area contributed by atoms with Crippen molar-refractivity contribution in [1.82, 2.24) is 0 Å². The van der Waals surface area contributed by atoms with Gasteiger partial charge < -0.3 is 5.11 Å². The van der Waals surface area contributed by atoms with Crippen molar-refractivity contribution >= 4 is 20.1 Å². The van der Waals surface area contributed by atoms with Crippen molar-refractivity contribution in [1.29, 1.82) is 0 Å². The van der Waals surface area contributed by atoms with Gasteiger partial charge in [-0.15, -0.1) is 0 Å². The van der Waals surface area contributed by atoms with Crippen molar-refractivity contribution in [3.63, 3.8) is 0 Å². The maximum absolute atomic E-state index is 10.8. The third-order valence-electron chi connectivity index (χ3n) is 4.84. The monoisotopic (exact) mass is 355 g/mol. The van der Waals surface area contributed by atoms with Gasteiger partial charge in [0.05, 0.1) is 0 Å². The maximum atomic E-state index is 10.8. The summed E-state index contributed by atoms with van der Waals surface area (Å²) in [4.78, 5) is 4.22. The minimum Gasteiger partial charge on any atom is -0.507 e. The Labute approximate surface area is 154 Å². The number of benzene rings is 2. The molecule has 0 fully saturated rings. The van der Waals surface area contributed by atoms with Crippen molar-refractivity contribution in [3.8, 4) is 5.75 Å². The predicted octanol–water partition coefficient (Wildman–Crippen LogP) is 5.47. The number of phenols is 1. The number of hydrogen-bond acceptors (Lipinski definition) is 2. The van der Waals surface area contributed by atoms with E-state index in [0.29, 0.717) is 14.3 Å². The zero-order valence-electron chi connectivity index (χ0n) is 16.1. The Balaban J connectivity index is 2.60. The highest BCUT2D eigenvalue weighted by atomic mass is 31.1. The summed E-state index contributed by atoms with van der Waals surface area (Å²) in [6.45, 7) is 8.59. The molecule has 0 amide bonds. The first-order valence-electron chi connectivity index (χ1n) is 9.07. The van der Waals surface area contributed by atoms with Gasteiger partial charge in [0.2, 0.25) is 0 Å². The number of rotatable bonds is 7. The summed E-state index contributed by atoms with van der Waals surface area (Å²) in [5.74, 6) is 0.468. The Morgan fingerprint density at radius 2 is 1.88 bits per heavy atom. The predicted molar refractivity (Wildman–Crippen MR) is 112 cm³/mol. The zero-order chi connectivity index (χ0) is 18.4. The van der Waals surface area contributed by atoms with Crippen LogP contribution in [0.5, 0.6) is 5.75 Å². The lowest BCUT2D eigenvalue weighted by Crippen LogP contribution is -2.24. The van der Waals surface area contributed by atoms with Crippen LogP contribution in [-0.4, -0.2) is 18.4 Å². The van der Waals surface area contributed by atoms with E-state index in [1.807, 2.05) is 20.2 Å². The normalized spacial score (nSPS) is 14.4. The van der Waals surface area contributed by atoms with Crippen LogP contribution >= 0.6 is 8.58 Å². The van der Waals surface area contributed by atoms with E-state index in [0.717, 1.165) is 30.4 Å². The van der Waals surface area contributed by atoms with Gasteiger partial charge in [-0.05, 0) is 43.1 Å². The highest BCUT2D eigenvalue weighted by Gasteiger charge is 2.33. The van der Waals surface area contributed by atoms with E-state index in [2.05, 4.69) is 62.2 Å². The first-order valence-corrected chi connectivity index (χ1v) is 10.1. The second-order valence-corrected chi connectivity index (χ2v) is 8.51. The van der Waals surface area contributed by atoms with E-state index in [1.54, 1.807) is 0 Å². The Morgan fingerprint density at radius 3 is 2.52 bits per heavy atom. The third-order valence-corrected chi connectivity index (χ3v) is 6.92. The van der Waals surface area contributed by atoms with Gasteiger partial charge in [0.1, 0.15) is 5.75 Å². The fourth-order valence-corrected chi connectivity index (χ4v) is 5.46. The molecule has 25 heavy (non-hydrogen) atoms. The molecule has 0 heterocycles. The van der Waals surface area contributed by atoms with Gasteiger partial charge in [-0.25, -0.2) is 0 Å². The van der Waals surface area contributed by atoms with E-state index in [1.165, 1.54) is 16.4 Å². The summed E-state index contributed by atoms with van der Waals surface area (Å²) in [6, 6.07) is 12.7. The molecule has 0 aromatic heterocycles. The molecule has 0 saturated heterocycles. The molecule has 1 N–H and O–H groups in total. The van der Waals surface area contributed by atoms with Crippen molar-refractivity contribution in [2.45, 2.75) is 52.1 Å². The third kappa shape index (κ3) is 4.30. The summed E-state index contributed by atoms with van der Waals surface area (Å²) in [6.07, 6.45) is 5.11. The van der Waals surface area contributed by atoms with E-state index >= 15 is 0 Å². The van der Waals surface area contributed by atoms with Gasteiger partial charge in [-0.1, -0.05) is 70.8 Å². The summed E-state index contributed by atoms with van der Waals surface area (Å²) < 4.78 is 0. The number of nitrogens with zero attached hydrogens (tertiary/aromatic N) is 1. The number of aryl methyl sites for hydroxylation is 2. The Kier molecular flexibility index (Phi) is 6.79. The van der Waals surface area contributed by atoms with Crippen molar-refractivity contribution in [3.05, 3.63) is 58.7 Å². The van der Waals surface area contributed by atoms with Crippen LogP contribution in [0.15, 0.2) is 41.4 Å². The number of aromatic hydroxyl groups is 1. The highest BCUT2D eigenvalue weighted by molar-refractivity contribution is 7.48. The molecule has 2 nitrogen and oxygen atoms in total. The van der Waals surface area contributed by atoms with Crippen LogP contribution in [0.25, 0.3) is 0 Å². The Morgan fingerprint density at radius 1 is 1.16 bits per heavy atom. The minimum absolute atomic E-state index is 0.0344. The molecule has 2 aromatic carbocycles. The van der Waals surface area contributed by atoms with Gasteiger partial charge in [0.25, 0.3) is 0 Å². The fraction of sp³-hybridized carbons (Fsp3) is 0.409. The second kappa shape index (κ2) is 8.63. The van der Waals surface area contributed by atoms with E-state index in [9.17, 15) is 5.11 Å². The lowest BCUT2D eigenvalue weighted by atomic mass is 9.88. The van der Waals surface area contributed by atoms with Gasteiger partial charge in [-0.3, -0.25) is 4.99 Å². The van der Waals surface area contributed by atoms with Crippen LogP contribution in [-0.2, 0) is 5.16 Å². The topological polar surface area (TPSA) is 32.6 Å². The lowest BCUT2D eigenvalue weighted by Gasteiger charge is -2.35. The van der Waals surface area contributed by atoms with E-state index in [-0.39, 0.29) is 5.16 Å². The molecule has 2 rings (SSSR count). The average Bonchev–Trinajstić information content (AvgIpc) is 2.59. The Hall–Kier alpha value is -1.66. The van der Waals surface area contributed by atoms with Crippen LogP contribution in [0, 0.1) is 13.8 Å². The molecule has 0 bridgehead atoms. The van der Waals surface area contributed by atoms with Crippen LogP contribution in [0.3, 0.4) is 0 Å². The molecular formula is C22H30NOP. The number of hydrogen-bond donors (Lipinski definition) is 1. The Bertz CT molecular complexity index is 754. The van der Waals surface area contributed by atoms with Gasteiger partial charge in [0.15, 0.2) is 0 Å². The van der Waals surface area contributed by atoms with Crippen LogP contribution < -0.4 is 5.30 Å². The smallest absolute Gasteiger partial charge is 0.122 e. The van der Waals surface area contributed by atoms with Gasteiger partial charge in [0, 0.05) is 24.0 Å². The number of aliphatic imine (C=N–C) groups is 1. The first kappa shape index (κ1) is 19.7. The molecule has 0 spiro atoms. The molecule has 0 aliphatic heterocycles. The van der Waals surface area contributed by atoms with E-state index in [4.69, 9.17) is 0 Å². The zero-order valence-corrected chi connectivity index (χ0v) is 17.1. The molecule has 2 unspecified atom stereocenters. The standard InChI is InChI=1S/C22H30NOP/c1-6-12-22(7-2,19-14-16(3)13-17(4)21(19)24)25-20-11-9-8-10-18(20)15-23-5/h8-11,13-15,24-25H,6-7,12H2,1-5H3/b23-15+.